The van der Waals surface area contributed by atoms with Crippen LogP contribution in [-0.4, -0.2) is 40.2 Å². The van der Waals surface area contributed by atoms with Crippen LogP contribution in [0, 0.1) is 11.3 Å². The molecule has 7 heteroatoms. The Balaban J connectivity index is 1.63. The van der Waals surface area contributed by atoms with Gasteiger partial charge < -0.3 is 4.90 Å². The van der Waals surface area contributed by atoms with E-state index in [1.807, 2.05) is 24.7 Å². The SMILES string of the molecule is Cn1cc(N2CCN(Cc3cc(C#N)cs3)CC2=O)cn1. The lowest BCUT2D eigenvalue weighted by molar-refractivity contribution is -0.121. The minimum Gasteiger partial charge on any atom is -0.307 e. The predicted octanol–water partition coefficient (Wildman–Crippen LogP) is 1.20. The highest BCUT2D eigenvalue weighted by atomic mass is 32.1. The van der Waals surface area contributed by atoms with Crippen LogP contribution in [0.3, 0.4) is 0 Å². The Labute approximate surface area is 126 Å². The fraction of sp³-hybridized carbons (Fsp3) is 0.357. The number of thiophene rings is 1. The lowest BCUT2D eigenvalue weighted by Crippen LogP contribution is -2.49. The highest BCUT2D eigenvalue weighted by molar-refractivity contribution is 7.10. The van der Waals surface area contributed by atoms with Gasteiger partial charge in [0.15, 0.2) is 0 Å². The number of nitrogens with zero attached hydrogens (tertiary/aromatic N) is 5. The van der Waals surface area contributed by atoms with E-state index >= 15 is 0 Å². The molecule has 108 valence electrons. The summed E-state index contributed by atoms with van der Waals surface area (Å²) in [7, 11) is 1.84. The Kier molecular flexibility index (Phi) is 3.73. The van der Waals surface area contributed by atoms with Crippen molar-refractivity contribution in [3.8, 4) is 6.07 Å². The fourth-order valence-electron chi connectivity index (χ4n) is 2.42. The van der Waals surface area contributed by atoms with Crippen molar-refractivity contribution in [2.45, 2.75) is 6.54 Å². The predicted molar refractivity (Wildman–Crippen MR) is 79.9 cm³/mol. The normalized spacial score (nSPS) is 16.2. The average Bonchev–Trinajstić information content (AvgIpc) is 3.08. The third kappa shape index (κ3) is 2.96. The summed E-state index contributed by atoms with van der Waals surface area (Å²) in [6.45, 7) is 2.61. The maximum absolute atomic E-state index is 12.3. The van der Waals surface area contributed by atoms with Crippen LogP contribution in [0.1, 0.15) is 10.4 Å². The highest BCUT2D eigenvalue weighted by Crippen LogP contribution is 2.20. The molecule has 0 radical (unpaired) electrons. The number of aromatic nitrogens is 2. The molecule has 1 aliphatic rings. The number of nitriles is 1. The molecule has 0 N–H and O–H groups in total. The summed E-state index contributed by atoms with van der Waals surface area (Å²) >= 11 is 1.57. The molecule has 0 saturated carbocycles. The van der Waals surface area contributed by atoms with Crippen molar-refractivity contribution in [2.75, 3.05) is 24.5 Å². The van der Waals surface area contributed by atoms with Gasteiger partial charge in [-0.05, 0) is 6.07 Å². The molecule has 6 nitrogen and oxygen atoms in total. The molecule has 0 atom stereocenters. The Bertz CT molecular complexity index is 698. The van der Waals surface area contributed by atoms with Crippen molar-refractivity contribution in [1.29, 1.82) is 5.26 Å². The summed E-state index contributed by atoms with van der Waals surface area (Å²) < 4.78 is 1.70. The van der Waals surface area contributed by atoms with Gasteiger partial charge in [0.25, 0.3) is 0 Å². The molecule has 0 bridgehead atoms. The fourth-order valence-corrected chi connectivity index (χ4v) is 3.27. The van der Waals surface area contributed by atoms with Crippen molar-refractivity contribution in [1.82, 2.24) is 14.7 Å². The number of anilines is 1. The van der Waals surface area contributed by atoms with E-state index in [1.54, 1.807) is 27.1 Å². The molecule has 3 heterocycles. The number of hydrogen-bond donors (Lipinski definition) is 0. The largest absolute Gasteiger partial charge is 0.307 e. The quantitative estimate of drug-likeness (QED) is 0.854. The Morgan fingerprint density at radius 3 is 2.95 bits per heavy atom. The topological polar surface area (TPSA) is 65.2 Å². The first-order valence-corrected chi connectivity index (χ1v) is 7.52. The minimum absolute atomic E-state index is 0.0892. The van der Waals surface area contributed by atoms with Crippen LogP contribution in [-0.2, 0) is 18.4 Å². The number of piperazine rings is 1. The van der Waals surface area contributed by atoms with Gasteiger partial charge in [-0.1, -0.05) is 0 Å². The van der Waals surface area contributed by atoms with Gasteiger partial charge in [0, 0.05) is 43.1 Å². The van der Waals surface area contributed by atoms with Gasteiger partial charge in [-0.2, -0.15) is 10.4 Å². The van der Waals surface area contributed by atoms with Crippen LogP contribution in [0.2, 0.25) is 0 Å². The molecule has 1 aliphatic heterocycles. The van der Waals surface area contributed by atoms with Crippen LogP contribution in [0.15, 0.2) is 23.8 Å². The molecule has 0 unspecified atom stereocenters. The van der Waals surface area contributed by atoms with Gasteiger partial charge >= 0.3 is 0 Å². The summed E-state index contributed by atoms with van der Waals surface area (Å²) in [4.78, 5) is 17.3. The first kappa shape index (κ1) is 13.8. The van der Waals surface area contributed by atoms with E-state index in [9.17, 15) is 4.79 Å². The van der Waals surface area contributed by atoms with E-state index in [1.165, 1.54) is 0 Å². The molecular weight excluding hydrogens is 286 g/mol. The summed E-state index contributed by atoms with van der Waals surface area (Å²) in [5.41, 5.74) is 1.54. The zero-order chi connectivity index (χ0) is 14.8. The monoisotopic (exact) mass is 301 g/mol. The number of carbonyl (C=O) groups excluding carboxylic acids is 1. The van der Waals surface area contributed by atoms with Gasteiger partial charge in [0.05, 0.1) is 24.0 Å². The second kappa shape index (κ2) is 5.68. The third-order valence-corrected chi connectivity index (χ3v) is 4.39. The standard InChI is InChI=1S/C14H15N5OS/c1-17-7-12(6-16-17)19-3-2-18(9-14(19)20)8-13-4-11(5-15)10-21-13/h4,6-7,10H,2-3,8-9H2,1H3. The summed E-state index contributed by atoms with van der Waals surface area (Å²) in [6.07, 6.45) is 3.57. The lowest BCUT2D eigenvalue weighted by atomic mass is 10.2. The van der Waals surface area contributed by atoms with Crippen molar-refractivity contribution in [3.05, 3.63) is 34.3 Å². The summed E-state index contributed by atoms with van der Waals surface area (Å²) in [5.74, 6) is 0.0892. The maximum Gasteiger partial charge on any atom is 0.241 e. The summed E-state index contributed by atoms with van der Waals surface area (Å²) in [6, 6.07) is 4.02. The molecule has 2 aromatic heterocycles. The van der Waals surface area contributed by atoms with Crippen molar-refractivity contribution < 1.29 is 4.79 Å². The van der Waals surface area contributed by atoms with Gasteiger partial charge in [0.1, 0.15) is 6.07 Å². The van der Waals surface area contributed by atoms with Crippen LogP contribution in [0.4, 0.5) is 5.69 Å². The zero-order valence-corrected chi connectivity index (χ0v) is 12.5. The summed E-state index contributed by atoms with van der Waals surface area (Å²) in [5, 5.41) is 14.8. The van der Waals surface area contributed by atoms with Crippen LogP contribution >= 0.6 is 11.3 Å². The van der Waals surface area contributed by atoms with Crippen molar-refractivity contribution in [3.63, 3.8) is 0 Å². The van der Waals surface area contributed by atoms with Crippen molar-refractivity contribution >= 4 is 22.9 Å². The third-order valence-electron chi connectivity index (χ3n) is 3.46. The number of aryl methyl sites for hydroxylation is 1. The van der Waals surface area contributed by atoms with Gasteiger partial charge in [-0.25, -0.2) is 0 Å². The lowest BCUT2D eigenvalue weighted by Gasteiger charge is -2.33. The van der Waals surface area contributed by atoms with Crippen LogP contribution in [0.25, 0.3) is 0 Å². The molecule has 1 fully saturated rings. The second-order valence-corrected chi connectivity index (χ2v) is 6.04. The Morgan fingerprint density at radius 1 is 1.48 bits per heavy atom. The smallest absolute Gasteiger partial charge is 0.241 e. The van der Waals surface area contributed by atoms with E-state index in [-0.39, 0.29) is 5.91 Å². The molecule has 0 spiro atoms. The molecule has 1 saturated heterocycles. The van der Waals surface area contributed by atoms with E-state index in [0.717, 1.165) is 23.7 Å². The molecular formula is C14H15N5OS. The van der Waals surface area contributed by atoms with E-state index in [4.69, 9.17) is 5.26 Å². The Morgan fingerprint density at radius 2 is 2.33 bits per heavy atom. The molecule has 0 aliphatic carbocycles. The van der Waals surface area contributed by atoms with Gasteiger partial charge in [-0.15, -0.1) is 11.3 Å². The molecule has 0 aromatic carbocycles. The van der Waals surface area contributed by atoms with E-state index in [2.05, 4.69) is 16.1 Å². The molecule has 21 heavy (non-hydrogen) atoms. The number of rotatable bonds is 3. The Hall–Kier alpha value is -2.17. The average molecular weight is 301 g/mol. The highest BCUT2D eigenvalue weighted by Gasteiger charge is 2.26. The van der Waals surface area contributed by atoms with Crippen molar-refractivity contribution in [2.24, 2.45) is 7.05 Å². The van der Waals surface area contributed by atoms with Gasteiger partial charge in [-0.3, -0.25) is 14.4 Å². The van der Waals surface area contributed by atoms with Gasteiger partial charge in [0.2, 0.25) is 5.91 Å². The minimum atomic E-state index is 0.0892. The number of amides is 1. The molecule has 2 aromatic rings. The number of hydrogen-bond acceptors (Lipinski definition) is 5. The molecule has 1 amide bonds. The zero-order valence-electron chi connectivity index (χ0n) is 11.7. The van der Waals surface area contributed by atoms with E-state index < -0.39 is 0 Å². The first-order chi connectivity index (χ1) is 10.2. The van der Waals surface area contributed by atoms with Crippen LogP contribution < -0.4 is 4.90 Å². The maximum atomic E-state index is 12.3. The molecule has 3 rings (SSSR count). The first-order valence-electron chi connectivity index (χ1n) is 6.64. The second-order valence-electron chi connectivity index (χ2n) is 5.04. The number of carbonyl (C=O) groups is 1. The van der Waals surface area contributed by atoms with E-state index in [0.29, 0.717) is 18.7 Å². The van der Waals surface area contributed by atoms with Crippen LogP contribution in [0.5, 0.6) is 0 Å².